The monoisotopic (exact) mass is 398 g/mol. The molecule has 0 atom stereocenters. The predicted octanol–water partition coefficient (Wildman–Crippen LogP) is 4.26. The number of benzene rings is 2. The van der Waals surface area contributed by atoms with Crippen LogP contribution in [-0.4, -0.2) is 31.6 Å². The van der Waals surface area contributed by atoms with Crippen LogP contribution in [0.15, 0.2) is 54.2 Å². The quantitative estimate of drug-likeness (QED) is 0.369. The highest BCUT2D eigenvalue weighted by Crippen LogP contribution is 2.27. The van der Waals surface area contributed by atoms with Gasteiger partial charge in [0.1, 0.15) is 6.61 Å². The molecule has 1 amide bonds. The zero-order chi connectivity index (χ0) is 20.4. The first-order valence-corrected chi connectivity index (χ1v) is 10.1. The standard InChI is InChI=1S/C22H26N2O3S/c1-5-8-27-20-7-6-18(12-21(20)26-4)13-23-24-22(25)15-28-14-19-10-16(2)9-17(3)11-19/h5-7,9-13H,1,8,14-15H2,2-4H3,(H,24,25)/b23-13-. The zero-order valence-electron chi connectivity index (χ0n) is 16.5. The number of thioether (sulfide) groups is 1. The van der Waals surface area contributed by atoms with E-state index in [0.29, 0.717) is 23.9 Å². The van der Waals surface area contributed by atoms with Crippen molar-refractivity contribution in [2.24, 2.45) is 5.10 Å². The van der Waals surface area contributed by atoms with E-state index >= 15 is 0 Å². The lowest BCUT2D eigenvalue weighted by molar-refractivity contribution is -0.118. The van der Waals surface area contributed by atoms with Crippen LogP contribution in [0, 0.1) is 13.8 Å². The Morgan fingerprint density at radius 1 is 1.18 bits per heavy atom. The molecule has 0 aliphatic rings. The molecule has 0 unspecified atom stereocenters. The van der Waals surface area contributed by atoms with Crippen LogP contribution in [0.25, 0.3) is 0 Å². The van der Waals surface area contributed by atoms with E-state index in [1.54, 1.807) is 43.3 Å². The van der Waals surface area contributed by atoms with Gasteiger partial charge in [-0.05, 0) is 43.2 Å². The molecule has 28 heavy (non-hydrogen) atoms. The molecule has 0 fully saturated rings. The van der Waals surface area contributed by atoms with E-state index in [9.17, 15) is 4.79 Å². The molecule has 0 aliphatic heterocycles. The highest BCUT2D eigenvalue weighted by atomic mass is 32.2. The summed E-state index contributed by atoms with van der Waals surface area (Å²) < 4.78 is 10.8. The molecule has 0 bridgehead atoms. The lowest BCUT2D eigenvalue weighted by Gasteiger charge is -2.09. The highest BCUT2D eigenvalue weighted by molar-refractivity contribution is 7.99. The summed E-state index contributed by atoms with van der Waals surface area (Å²) in [5.41, 5.74) is 7.05. The SMILES string of the molecule is C=CCOc1ccc(/C=N\NC(=O)CSCc2cc(C)cc(C)c2)cc1OC. The number of hydrogen-bond acceptors (Lipinski definition) is 5. The fourth-order valence-electron chi connectivity index (χ4n) is 2.66. The average Bonchev–Trinajstić information content (AvgIpc) is 2.66. The van der Waals surface area contributed by atoms with Gasteiger partial charge in [-0.1, -0.05) is 42.0 Å². The van der Waals surface area contributed by atoms with E-state index in [0.717, 1.165) is 11.3 Å². The molecule has 0 spiro atoms. The molecule has 148 valence electrons. The van der Waals surface area contributed by atoms with Crippen molar-refractivity contribution in [2.45, 2.75) is 19.6 Å². The largest absolute Gasteiger partial charge is 0.493 e. The Hall–Kier alpha value is -2.73. The van der Waals surface area contributed by atoms with E-state index in [1.807, 2.05) is 6.07 Å². The van der Waals surface area contributed by atoms with Crippen molar-refractivity contribution in [3.63, 3.8) is 0 Å². The lowest BCUT2D eigenvalue weighted by Crippen LogP contribution is -2.19. The molecule has 2 rings (SSSR count). The Balaban J connectivity index is 1.81. The van der Waals surface area contributed by atoms with Gasteiger partial charge in [0.05, 0.1) is 19.1 Å². The summed E-state index contributed by atoms with van der Waals surface area (Å²) >= 11 is 1.56. The number of amides is 1. The Bertz CT molecular complexity index is 829. The van der Waals surface area contributed by atoms with Gasteiger partial charge in [0.25, 0.3) is 0 Å². The number of nitrogens with zero attached hydrogens (tertiary/aromatic N) is 1. The third-order valence-electron chi connectivity index (χ3n) is 3.73. The minimum Gasteiger partial charge on any atom is -0.493 e. The van der Waals surface area contributed by atoms with Crippen molar-refractivity contribution >= 4 is 23.9 Å². The maximum atomic E-state index is 12.0. The van der Waals surface area contributed by atoms with Gasteiger partial charge in [-0.25, -0.2) is 5.43 Å². The van der Waals surface area contributed by atoms with Crippen LogP contribution in [0.5, 0.6) is 11.5 Å². The molecule has 0 aromatic heterocycles. The van der Waals surface area contributed by atoms with Gasteiger partial charge in [-0.15, -0.1) is 11.8 Å². The minimum absolute atomic E-state index is 0.136. The van der Waals surface area contributed by atoms with Crippen molar-refractivity contribution in [1.29, 1.82) is 0 Å². The number of carbonyl (C=O) groups excluding carboxylic acids is 1. The molecule has 0 aliphatic carbocycles. The Kier molecular flexibility index (Phi) is 8.62. The van der Waals surface area contributed by atoms with Crippen molar-refractivity contribution < 1.29 is 14.3 Å². The topological polar surface area (TPSA) is 59.9 Å². The molecular weight excluding hydrogens is 372 g/mol. The maximum absolute atomic E-state index is 12.0. The smallest absolute Gasteiger partial charge is 0.250 e. The normalized spacial score (nSPS) is 10.7. The van der Waals surface area contributed by atoms with Crippen molar-refractivity contribution in [3.8, 4) is 11.5 Å². The van der Waals surface area contributed by atoms with Crippen LogP contribution >= 0.6 is 11.8 Å². The summed E-state index contributed by atoms with van der Waals surface area (Å²) in [5.74, 6) is 2.24. The molecule has 0 radical (unpaired) electrons. The number of hydrazone groups is 1. The third kappa shape index (κ3) is 7.12. The van der Waals surface area contributed by atoms with Crippen LogP contribution in [-0.2, 0) is 10.5 Å². The molecule has 5 nitrogen and oxygen atoms in total. The van der Waals surface area contributed by atoms with E-state index in [4.69, 9.17) is 9.47 Å². The van der Waals surface area contributed by atoms with Crippen molar-refractivity contribution in [1.82, 2.24) is 5.43 Å². The Labute approximate surface area is 170 Å². The van der Waals surface area contributed by atoms with Gasteiger partial charge in [0.15, 0.2) is 11.5 Å². The van der Waals surface area contributed by atoms with Crippen LogP contribution in [0.4, 0.5) is 0 Å². The van der Waals surface area contributed by atoms with E-state index < -0.39 is 0 Å². The number of nitrogens with one attached hydrogen (secondary N) is 1. The summed E-state index contributed by atoms with van der Waals surface area (Å²) in [6, 6.07) is 11.9. The molecule has 0 heterocycles. The lowest BCUT2D eigenvalue weighted by atomic mass is 10.1. The second-order valence-electron chi connectivity index (χ2n) is 6.29. The molecule has 0 saturated carbocycles. The summed E-state index contributed by atoms with van der Waals surface area (Å²) in [7, 11) is 1.58. The summed E-state index contributed by atoms with van der Waals surface area (Å²) in [5, 5.41) is 4.01. The number of methoxy groups -OCH3 is 1. The first-order valence-electron chi connectivity index (χ1n) is 8.90. The highest BCUT2D eigenvalue weighted by Gasteiger charge is 2.05. The second kappa shape index (κ2) is 11.2. The van der Waals surface area contributed by atoms with Crippen LogP contribution in [0.2, 0.25) is 0 Å². The van der Waals surface area contributed by atoms with Gasteiger partial charge in [0, 0.05) is 5.75 Å². The molecule has 1 N–H and O–H groups in total. The number of rotatable bonds is 10. The van der Waals surface area contributed by atoms with E-state index in [-0.39, 0.29) is 5.91 Å². The summed E-state index contributed by atoms with van der Waals surface area (Å²) in [4.78, 5) is 12.0. The first kappa shape index (κ1) is 21.6. The van der Waals surface area contributed by atoms with Crippen LogP contribution < -0.4 is 14.9 Å². The zero-order valence-corrected chi connectivity index (χ0v) is 17.3. The van der Waals surface area contributed by atoms with Gasteiger partial charge in [0.2, 0.25) is 5.91 Å². The van der Waals surface area contributed by atoms with Gasteiger partial charge in [-0.3, -0.25) is 4.79 Å². The van der Waals surface area contributed by atoms with Gasteiger partial charge < -0.3 is 9.47 Å². The number of carbonyl (C=O) groups is 1. The van der Waals surface area contributed by atoms with E-state index in [2.05, 4.69) is 49.2 Å². The summed E-state index contributed by atoms with van der Waals surface area (Å²) in [6.45, 7) is 8.18. The number of aryl methyl sites for hydroxylation is 2. The first-order chi connectivity index (χ1) is 13.5. The van der Waals surface area contributed by atoms with Crippen LogP contribution in [0.1, 0.15) is 22.3 Å². The summed E-state index contributed by atoms with van der Waals surface area (Å²) in [6.07, 6.45) is 3.24. The molecule has 2 aromatic carbocycles. The Morgan fingerprint density at radius 2 is 1.93 bits per heavy atom. The molecule has 0 saturated heterocycles. The van der Waals surface area contributed by atoms with Crippen LogP contribution in [0.3, 0.4) is 0 Å². The fraction of sp³-hybridized carbons (Fsp3) is 0.273. The molecular formula is C22H26N2O3S. The molecule has 6 heteroatoms. The maximum Gasteiger partial charge on any atom is 0.250 e. The van der Waals surface area contributed by atoms with Gasteiger partial charge in [-0.2, -0.15) is 5.10 Å². The average molecular weight is 399 g/mol. The molecule has 2 aromatic rings. The number of ether oxygens (including phenoxy) is 2. The Morgan fingerprint density at radius 3 is 2.61 bits per heavy atom. The predicted molar refractivity (Wildman–Crippen MR) is 117 cm³/mol. The van der Waals surface area contributed by atoms with Gasteiger partial charge >= 0.3 is 0 Å². The third-order valence-corrected chi connectivity index (χ3v) is 4.73. The fourth-order valence-corrected chi connectivity index (χ4v) is 3.41. The van der Waals surface area contributed by atoms with Crippen molar-refractivity contribution in [2.75, 3.05) is 19.5 Å². The minimum atomic E-state index is -0.136. The van der Waals surface area contributed by atoms with E-state index in [1.165, 1.54) is 16.7 Å². The second-order valence-corrected chi connectivity index (χ2v) is 7.28. The number of hydrogen-bond donors (Lipinski definition) is 1. The van der Waals surface area contributed by atoms with Crippen molar-refractivity contribution in [3.05, 3.63) is 71.3 Å².